The molecule has 20 heavy (non-hydrogen) atoms. The highest BCUT2D eigenvalue weighted by Crippen LogP contribution is 2.28. The minimum atomic E-state index is -0.139. The fourth-order valence-electron chi connectivity index (χ4n) is 1.93. The van der Waals surface area contributed by atoms with Gasteiger partial charge in [0.15, 0.2) is 0 Å². The number of benzene rings is 2. The first-order valence-corrected chi connectivity index (χ1v) is 7.59. The fourth-order valence-corrected chi connectivity index (χ4v) is 3.26. The first kappa shape index (κ1) is 13.1. The third-order valence-corrected chi connectivity index (χ3v) is 4.52. The number of amides is 1. The number of carbonyl (C=O) groups is 1. The highest BCUT2D eigenvalue weighted by molar-refractivity contribution is 9.10. The molecular formula is C15H11BrN2OS. The molecule has 3 nitrogen and oxygen atoms in total. The molecule has 0 saturated heterocycles. The zero-order chi connectivity index (χ0) is 14.1. The lowest BCUT2D eigenvalue weighted by atomic mass is 10.2. The lowest BCUT2D eigenvalue weighted by molar-refractivity contribution is 0.103. The predicted octanol–water partition coefficient (Wildman–Crippen LogP) is 4.50. The van der Waals surface area contributed by atoms with Crippen molar-refractivity contribution in [2.75, 3.05) is 11.1 Å². The van der Waals surface area contributed by atoms with Crippen molar-refractivity contribution in [3.63, 3.8) is 0 Å². The molecule has 0 radical (unpaired) electrons. The maximum atomic E-state index is 12.3. The molecule has 0 unspecified atom stereocenters. The van der Waals surface area contributed by atoms with Gasteiger partial charge < -0.3 is 11.1 Å². The second-order valence-electron chi connectivity index (χ2n) is 4.33. The highest BCUT2D eigenvalue weighted by atomic mass is 79.9. The summed E-state index contributed by atoms with van der Waals surface area (Å²) < 4.78 is 1.98. The van der Waals surface area contributed by atoms with Crippen LogP contribution < -0.4 is 11.1 Å². The van der Waals surface area contributed by atoms with Crippen LogP contribution in [0, 0.1) is 0 Å². The minimum absolute atomic E-state index is 0.139. The molecule has 3 N–H and O–H groups in total. The molecule has 1 heterocycles. The van der Waals surface area contributed by atoms with E-state index in [9.17, 15) is 4.79 Å². The van der Waals surface area contributed by atoms with E-state index in [0.717, 1.165) is 14.6 Å². The van der Waals surface area contributed by atoms with Crippen molar-refractivity contribution < 1.29 is 4.79 Å². The SMILES string of the molecule is Nc1cc(Br)ccc1NC(=O)c1cc2ccccc2s1. The Bertz CT molecular complexity index is 764. The van der Waals surface area contributed by atoms with E-state index in [-0.39, 0.29) is 5.91 Å². The minimum Gasteiger partial charge on any atom is -0.397 e. The standard InChI is InChI=1S/C15H11BrN2OS/c16-10-5-6-12(11(17)8-10)18-15(19)14-7-9-3-1-2-4-13(9)20-14/h1-8H,17H2,(H,18,19). The van der Waals surface area contributed by atoms with E-state index in [2.05, 4.69) is 21.2 Å². The van der Waals surface area contributed by atoms with Crippen LogP contribution in [-0.4, -0.2) is 5.91 Å². The van der Waals surface area contributed by atoms with Crippen LogP contribution in [0.15, 0.2) is 53.0 Å². The summed E-state index contributed by atoms with van der Waals surface area (Å²) in [5.74, 6) is -0.139. The molecule has 1 aromatic heterocycles. The van der Waals surface area contributed by atoms with Gasteiger partial charge in [-0.05, 0) is 35.7 Å². The number of nitrogen functional groups attached to an aromatic ring is 1. The molecular weight excluding hydrogens is 336 g/mol. The molecule has 0 aliphatic rings. The molecule has 5 heteroatoms. The van der Waals surface area contributed by atoms with Gasteiger partial charge in [-0.3, -0.25) is 4.79 Å². The van der Waals surface area contributed by atoms with E-state index >= 15 is 0 Å². The first-order valence-electron chi connectivity index (χ1n) is 5.98. The number of hydrogen-bond acceptors (Lipinski definition) is 3. The van der Waals surface area contributed by atoms with E-state index in [1.807, 2.05) is 36.4 Å². The van der Waals surface area contributed by atoms with Crippen LogP contribution in [0.25, 0.3) is 10.1 Å². The molecule has 0 aliphatic carbocycles. The molecule has 0 spiro atoms. The Hall–Kier alpha value is -1.85. The van der Waals surface area contributed by atoms with Gasteiger partial charge in [0.1, 0.15) is 0 Å². The second-order valence-corrected chi connectivity index (χ2v) is 6.33. The zero-order valence-electron chi connectivity index (χ0n) is 10.4. The van der Waals surface area contributed by atoms with Gasteiger partial charge in [0, 0.05) is 9.17 Å². The number of thiophene rings is 1. The average Bonchev–Trinajstić information content (AvgIpc) is 2.86. The van der Waals surface area contributed by atoms with Crippen molar-refractivity contribution >= 4 is 54.6 Å². The number of carbonyl (C=O) groups excluding carboxylic acids is 1. The molecule has 0 fully saturated rings. The number of nitrogens with one attached hydrogen (secondary N) is 1. The molecule has 2 aromatic carbocycles. The Morgan fingerprint density at radius 2 is 1.95 bits per heavy atom. The van der Waals surface area contributed by atoms with Crippen molar-refractivity contribution in [1.82, 2.24) is 0 Å². The average molecular weight is 347 g/mol. The van der Waals surface area contributed by atoms with E-state index in [1.165, 1.54) is 11.3 Å². The summed E-state index contributed by atoms with van der Waals surface area (Å²) in [6.07, 6.45) is 0. The van der Waals surface area contributed by atoms with Gasteiger partial charge in [-0.1, -0.05) is 34.1 Å². The molecule has 0 atom stereocenters. The van der Waals surface area contributed by atoms with Gasteiger partial charge >= 0.3 is 0 Å². The Morgan fingerprint density at radius 3 is 2.70 bits per heavy atom. The molecule has 1 amide bonds. The van der Waals surface area contributed by atoms with E-state index in [0.29, 0.717) is 16.3 Å². The normalized spacial score (nSPS) is 10.7. The highest BCUT2D eigenvalue weighted by Gasteiger charge is 2.11. The number of hydrogen-bond donors (Lipinski definition) is 2. The summed E-state index contributed by atoms with van der Waals surface area (Å²) >= 11 is 4.81. The van der Waals surface area contributed by atoms with Crippen molar-refractivity contribution in [3.8, 4) is 0 Å². The number of rotatable bonds is 2. The molecule has 3 rings (SSSR count). The Morgan fingerprint density at radius 1 is 1.15 bits per heavy atom. The van der Waals surface area contributed by atoms with Crippen LogP contribution in [0.1, 0.15) is 9.67 Å². The maximum Gasteiger partial charge on any atom is 0.265 e. The number of nitrogens with two attached hydrogens (primary N) is 1. The van der Waals surface area contributed by atoms with Gasteiger partial charge in [0.25, 0.3) is 5.91 Å². The van der Waals surface area contributed by atoms with Gasteiger partial charge in [-0.25, -0.2) is 0 Å². The maximum absolute atomic E-state index is 12.3. The number of anilines is 2. The van der Waals surface area contributed by atoms with Gasteiger partial charge in [0.05, 0.1) is 16.3 Å². The van der Waals surface area contributed by atoms with Gasteiger partial charge in [-0.15, -0.1) is 11.3 Å². The summed E-state index contributed by atoms with van der Waals surface area (Å²) in [4.78, 5) is 12.9. The lowest BCUT2D eigenvalue weighted by Crippen LogP contribution is -2.11. The Labute approximate surface area is 128 Å². The quantitative estimate of drug-likeness (QED) is 0.671. The second kappa shape index (κ2) is 5.26. The summed E-state index contributed by atoms with van der Waals surface area (Å²) in [7, 11) is 0. The topological polar surface area (TPSA) is 55.1 Å². The molecule has 0 aliphatic heterocycles. The molecule has 0 bridgehead atoms. The van der Waals surface area contributed by atoms with Crippen LogP contribution in [0.4, 0.5) is 11.4 Å². The van der Waals surface area contributed by atoms with Crippen molar-refractivity contribution in [2.24, 2.45) is 0 Å². The fraction of sp³-hybridized carbons (Fsp3) is 0. The van der Waals surface area contributed by atoms with Crippen LogP contribution in [0.2, 0.25) is 0 Å². The lowest BCUT2D eigenvalue weighted by Gasteiger charge is -2.07. The summed E-state index contributed by atoms with van der Waals surface area (Å²) in [6, 6.07) is 15.2. The van der Waals surface area contributed by atoms with Gasteiger partial charge in [-0.2, -0.15) is 0 Å². The van der Waals surface area contributed by atoms with E-state index < -0.39 is 0 Å². The van der Waals surface area contributed by atoms with Crippen LogP contribution in [-0.2, 0) is 0 Å². The third-order valence-electron chi connectivity index (χ3n) is 2.91. The Kier molecular flexibility index (Phi) is 3.46. The smallest absolute Gasteiger partial charge is 0.265 e. The molecule has 0 saturated carbocycles. The van der Waals surface area contributed by atoms with E-state index in [4.69, 9.17) is 5.73 Å². The zero-order valence-corrected chi connectivity index (χ0v) is 12.8. The summed E-state index contributed by atoms with van der Waals surface area (Å²) in [5.41, 5.74) is 7.04. The first-order chi connectivity index (χ1) is 9.63. The summed E-state index contributed by atoms with van der Waals surface area (Å²) in [6.45, 7) is 0. The Balaban J connectivity index is 1.89. The number of fused-ring (bicyclic) bond motifs is 1. The predicted molar refractivity (Wildman–Crippen MR) is 88.3 cm³/mol. The largest absolute Gasteiger partial charge is 0.397 e. The van der Waals surface area contributed by atoms with E-state index in [1.54, 1.807) is 12.1 Å². The number of halogens is 1. The molecule has 100 valence electrons. The van der Waals surface area contributed by atoms with Crippen molar-refractivity contribution in [1.29, 1.82) is 0 Å². The van der Waals surface area contributed by atoms with Crippen LogP contribution in [0.5, 0.6) is 0 Å². The van der Waals surface area contributed by atoms with Gasteiger partial charge in [0.2, 0.25) is 0 Å². The molecule has 3 aromatic rings. The summed E-state index contributed by atoms with van der Waals surface area (Å²) in [5, 5.41) is 3.92. The monoisotopic (exact) mass is 346 g/mol. The van der Waals surface area contributed by atoms with Crippen LogP contribution >= 0.6 is 27.3 Å². The van der Waals surface area contributed by atoms with Crippen molar-refractivity contribution in [2.45, 2.75) is 0 Å². The van der Waals surface area contributed by atoms with Crippen molar-refractivity contribution in [3.05, 3.63) is 57.9 Å². The third kappa shape index (κ3) is 2.55. The van der Waals surface area contributed by atoms with Crippen LogP contribution in [0.3, 0.4) is 0 Å².